The number of benzene rings is 2. The lowest BCUT2D eigenvalue weighted by Crippen LogP contribution is -2.35. The number of fused-ring (bicyclic) bond motifs is 1. The minimum atomic E-state index is -0.894. The van der Waals surface area contributed by atoms with Crippen LogP contribution in [0.25, 0.3) is 0 Å². The van der Waals surface area contributed by atoms with Gasteiger partial charge >= 0.3 is 0 Å². The summed E-state index contributed by atoms with van der Waals surface area (Å²) < 4.78 is 0. The third kappa shape index (κ3) is 2.49. The van der Waals surface area contributed by atoms with Gasteiger partial charge in [-0.05, 0) is 18.1 Å². The van der Waals surface area contributed by atoms with Crippen LogP contribution in [0.5, 0.6) is 0 Å². The van der Waals surface area contributed by atoms with Crippen LogP contribution < -0.4 is 0 Å². The Balaban J connectivity index is 1.85. The van der Waals surface area contributed by atoms with Gasteiger partial charge in [0.15, 0.2) is 0 Å². The number of aryl methyl sites for hydroxylation is 1. The van der Waals surface area contributed by atoms with E-state index >= 15 is 0 Å². The van der Waals surface area contributed by atoms with E-state index in [4.69, 9.17) is 0 Å². The zero-order valence-corrected chi connectivity index (χ0v) is 13.9. The van der Waals surface area contributed by atoms with Crippen molar-refractivity contribution < 1.29 is 9.72 Å². The van der Waals surface area contributed by atoms with Crippen LogP contribution in [0, 0.1) is 17.0 Å². The molecule has 4 rings (SSSR count). The zero-order valence-electron chi connectivity index (χ0n) is 13.9. The van der Waals surface area contributed by atoms with Crippen LogP contribution in [0.15, 0.2) is 54.6 Å². The molecule has 3 atom stereocenters. The molecule has 6 heteroatoms. The van der Waals surface area contributed by atoms with Crippen molar-refractivity contribution in [3.05, 3.63) is 81.4 Å². The Labute approximate surface area is 145 Å². The molecule has 1 amide bonds. The Bertz CT molecular complexity index is 806. The SMILES string of the molecule is Cc1ccc([C@@H]2[C@@H]([N+](=O)[O-])[C@@H](c3ccccc3)N3CCC(=O)N23)cc1. The average Bonchev–Trinajstić information content (AvgIpc) is 3.14. The second kappa shape index (κ2) is 5.97. The standard InChI is InChI=1S/C19H19N3O3/c1-13-7-9-15(10-8-13)18-19(22(24)25)17(14-5-3-2-4-6-14)20-12-11-16(23)21(18)20/h2-10,17-19H,11-12H2,1H3/t17-,18-,19+/m1/s1. The highest BCUT2D eigenvalue weighted by molar-refractivity contribution is 5.79. The van der Waals surface area contributed by atoms with E-state index in [0.29, 0.717) is 13.0 Å². The number of nitrogens with zero attached hydrogens (tertiary/aromatic N) is 3. The molecule has 128 valence electrons. The molecular weight excluding hydrogens is 318 g/mol. The normalized spacial score (nSPS) is 26.0. The van der Waals surface area contributed by atoms with E-state index in [-0.39, 0.29) is 10.8 Å². The van der Waals surface area contributed by atoms with Gasteiger partial charge < -0.3 is 0 Å². The summed E-state index contributed by atoms with van der Waals surface area (Å²) in [5, 5.41) is 15.5. The largest absolute Gasteiger partial charge is 0.273 e. The van der Waals surface area contributed by atoms with Crippen molar-refractivity contribution in [3.8, 4) is 0 Å². The van der Waals surface area contributed by atoms with Crippen LogP contribution in [0.2, 0.25) is 0 Å². The molecule has 0 bridgehead atoms. The van der Waals surface area contributed by atoms with Gasteiger partial charge in [-0.1, -0.05) is 60.2 Å². The van der Waals surface area contributed by atoms with E-state index in [2.05, 4.69) is 0 Å². The molecule has 0 unspecified atom stereocenters. The molecule has 25 heavy (non-hydrogen) atoms. The number of hydrogen-bond acceptors (Lipinski definition) is 4. The summed E-state index contributed by atoms with van der Waals surface area (Å²) in [6.45, 7) is 2.49. The van der Waals surface area contributed by atoms with Gasteiger partial charge in [0.2, 0.25) is 5.91 Å². The van der Waals surface area contributed by atoms with Crippen molar-refractivity contribution in [1.29, 1.82) is 0 Å². The van der Waals surface area contributed by atoms with Gasteiger partial charge in [-0.25, -0.2) is 5.01 Å². The molecule has 2 aromatic rings. The Hall–Kier alpha value is -2.73. The van der Waals surface area contributed by atoms with Gasteiger partial charge in [0, 0.05) is 17.9 Å². The predicted octanol–water partition coefficient (Wildman–Crippen LogP) is 2.89. The van der Waals surface area contributed by atoms with Crippen LogP contribution >= 0.6 is 0 Å². The quantitative estimate of drug-likeness (QED) is 0.638. The maximum absolute atomic E-state index is 12.5. The Morgan fingerprint density at radius 3 is 2.28 bits per heavy atom. The summed E-state index contributed by atoms with van der Waals surface area (Å²) in [5.41, 5.74) is 2.77. The average molecular weight is 337 g/mol. The zero-order chi connectivity index (χ0) is 17.6. The molecular formula is C19H19N3O3. The van der Waals surface area contributed by atoms with Crippen LogP contribution in [0.1, 0.15) is 35.2 Å². The molecule has 0 aliphatic carbocycles. The van der Waals surface area contributed by atoms with E-state index in [9.17, 15) is 14.9 Å². The molecule has 0 radical (unpaired) electrons. The minimum absolute atomic E-state index is 0.0455. The van der Waals surface area contributed by atoms with E-state index in [1.807, 2.05) is 66.5 Å². The van der Waals surface area contributed by atoms with Crippen LogP contribution in [-0.2, 0) is 4.79 Å². The number of carbonyl (C=O) groups is 1. The van der Waals surface area contributed by atoms with Crippen LogP contribution in [0.4, 0.5) is 0 Å². The fourth-order valence-electron chi connectivity index (χ4n) is 4.01. The molecule has 2 aliphatic rings. The lowest BCUT2D eigenvalue weighted by molar-refractivity contribution is -0.530. The van der Waals surface area contributed by atoms with Gasteiger partial charge in [-0.2, -0.15) is 0 Å². The molecule has 0 saturated carbocycles. The fraction of sp³-hybridized carbons (Fsp3) is 0.316. The van der Waals surface area contributed by atoms with Crippen molar-refractivity contribution in [3.63, 3.8) is 0 Å². The number of nitro groups is 1. The molecule has 2 heterocycles. The van der Waals surface area contributed by atoms with Gasteiger partial charge in [0.1, 0.15) is 12.1 Å². The van der Waals surface area contributed by atoms with E-state index in [0.717, 1.165) is 16.7 Å². The van der Waals surface area contributed by atoms with Crippen molar-refractivity contribution in [2.45, 2.75) is 31.5 Å². The monoisotopic (exact) mass is 337 g/mol. The van der Waals surface area contributed by atoms with Crippen LogP contribution in [0.3, 0.4) is 0 Å². The molecule has 6 nitrogen and oxygen atoms in total. The highest BCUT2D eigenvalue weighted by atomic mass is 16.6. The second-order valence-corrected chi connectivity index (χ2v) is 6.64. The number of hydrazine groups is 1. The first-order valence-electron chi connectivity index (χ1n) is 8.41. The topological polar surface area (TPSA) is 66.7 Å². The summed E-state index contributed by atoms with van der Waals surface area (Å²) in [7, 11) is 0. The Morgan fingerprint density at radius 2 is 1.64 bits per heavy atom. The minimum Gasteiger partial charge on any atom is -0.273 e. The molecule has 0 spiro atoms. The number of hydrogen-bond donors (Lipinski definition) is 0. The predicted molar refractivity (Wildman–Crippen MR) is 92.1 cm³/mol. The smallest absolute Gasteiger partial charge is 0.259 e. The molecule has 2 aromatic carbocycles. The highest BCUT2D eigenvalue weighted by Gasteiger charge is 2.59. The first kappa shape index (κ1) is 15.8. The van der Waals surface area contributed by atoms with Crippen molar-refractivity contribution in [1.82, 2.24) is 10.0 Å². The first-order valence-corrected chi connectivity index (χ1v) is 8.41. The van der Waals surface area contributed by atoms with Crippen molar-refractivity contribution >= 4 is 5.91 Å². The van der Waals surface area contributed by atoms with E-state index in [1.165, 1.54) is 0 Å². The molecule has 0 N–H and O–H groups in total. The van der Waals surface area contributed by atoms with Crippen molar-refractivity contribution in [2.75, 3.05) is 6.54 Å². The van der Waals surface area contributed by atoms with Gasteiger partial charge in [0.05, 0.1) is 0 Å². The molecule has 0 aromatic heterocycles. The molecule has 2 saturated heterocycles. The second-order valence-electron chi connectivity index (χ2n) is 6.64. The number of carbonyl (C=O) groups excluding carboxylic acids is 1. The van der Waals surface area contributed by atoms with Gasteiger partial charge in [0.25, 0.3) is 6.04 Å². The molecule has 2 aliphatic heterocycles. The van der Waals surface area contributed by atoms with E-state index in [1.54, 1.807) is 5.01 Å². The summed E-state index contributed by atoms with van der Waals surface area (Å²) in [4.78, 5) is 24.3. The summed E-state index contributed by atoms with van der Waals surface area (Å²) >= 11 is 0. The molecule has 2 fully saturated rings. The number of rotatable bonds is 3. The third-order valence-corrected chi connectivity index (χ3v) is 5.12. The summed E-state index contributed by atoms with van der Waals surface area (Å²) in [6, 6.07) is 15.2. The summed E-state index contributed by atoms with van der Waals surface area (Å²) in [5.74, 6) is -0.0455. The lowest BCUT2D eigenvalue weighted by atomic mass is 9.91. The first-order chi connectivity index (χ1) is 12.1. The third-order valence-electron chi connectivity index (χ3n) is 5.12. The Morgan fingerprint density at radius 1 is 1.00 bits per heavy atom. The van der Waals surface area contributed by atoms with Gasteiger partial charge in [-0.15, -0.1) is 0 Å². The van der Waals surface area contributed by atoms with Crippen LogP contribution in [-0.4, -0.2) is 33.4 Å². The lowest BCUT2D eigenvalue weighted by Gasteiger charge is -2.26. The summed E-state index contributed by atoms with van der Waals surface area (Å²) in [6.07, 6.45) is 0.399. The van der Waals surface area contributed by atoms with Crippen molar-refractivity contribution in [2.24, 2.45) is 0 Å². The van der Waals surface area contributed by atoms with E-state index < -0.39 is 18.1 Å². The maximum Gasteiger partial charge on any atom is 0.259 e. The highest BCUT2D eigenvalue weighted by Crippen LogP contribution is 2.48. The number of amides is 1. The van der Waals surface area contributed by atoms with Gasteiger partial charge in [-0.3, -0.25) is 19.9 Å². The fourth-order valence-corrected chi connectivity index (χ4v) is 4.01. The maximum atomic E-state index is 12.5. The Kier molecular flexibility index (Phi) is 3.77.